The van der Waals surface area contributed by atoms with E-state index >= 15 is 0 Å². The highest BCUT2D eigenvalue weighted by atomic mass is 16.1. The molecule has 0 saturated heterocycles. The van der Waals surface area contributed by atoms with Crippen LogP contribution in [-0.4, -0.2) is 24.2 Å². The van der Waals surface area contributed by atoms with E-state index in [2.05, 4.69) is 5.32 Å². The van der Waals surface area contributed by atoms with Gasteiger partial charge >= 0.3 is 0 Å². The van der Waals surface area contributed by atoms with Crippen molar-refractivity contribution in [2.45, 2.75) is 52.5 Å². The lowest BCUT2D eigenvalue weighted by molar-refractivity contribution is -0.120. The molecule has 0 aliphatic carbocycles. The summed E-state index contributed by atoms with van der Waals surface area (Å²) in [5, 5.41) is 3.11. The first-order valence-electron chi connectivity index (χ1n) is 5.37. The van der Waals surface area contributed by atoms with Gasteiger partial charge in [0.15, 0.2) is 0 Å². The molecule has 0 rings (SSSR count). The largest absolute Gasteiger partial charge is 0.308 e. The van der Waals surface area contributed by atoms with Crippen LogP contribution in [-0.2, 0) is 9.59 Å². The van der Waals surface area contributed by atoms with Gasteiger partial charge in [0, 0.05) is 12.8 Å². The zero-order chi connectivity index (χ0) is 11.0. The van der Waals surface area contributed by atoms with Crippen molar-refractivity contribution in [1.82, 2.24) is 5.32 Å². The Morgan fingerprint density at radius 3 is 2.36 bits per heavy atom. The van der Waals surface area contributed by atoms with Crippen LogP contribution in [0.25, 0.3) is 0 Å². The molecule has 0 aromatic heterocycles. The maximum Gasteiger partial charge on any atom is 0.146 e. The predicted molar refractivity (Wildman–Crippen MR) is 57.3 cm³/mol. The van der Waals surface area contributed by atoms with E-state index in [9.17, 15) is 9.59 Å². The van der Waals surface area contributed by atoms with Crippen LogP contribution in [0.15, 0.2) is 0 Å². The molecule has 0 aliphatic heterocycles. The highest BCUT2D eigenvalue weighted by Crippen LogP contribution is 2.04. The quantitative estimate of drug-likeness (QED) is 0.647. The minimum absolute atomic E-state index is 0.0651. The summed E-state index contributed by atoms with van der Waals surface area (Å²) < 4.78 is 0. The third-order valence-corrected chi connectivity index (χ3v) is 2.28. The summed E-state index contributed by atoms with van der Waals surface area (Å²) in [5.74, 6) is 0.444. The Morgan fingerprint density at radius 2 is 1.93 bits per heavy atom. The molecule has 0 amide bonds. The highest BCUT2D eigenvalue weighted by Gasteiger charge is 2.12. The van der Waals surface area contributed by atoms with Crippen molar-refractivity contribution < 1.29 is 9.59 Å². The van der Waals surface area contributed by atoms with Gasteiger partial charge in [0.25, 0.3) is 0 Å². The normalized spacial score (nSPS) is 12.5. The Bertz CT molecular complexity index is 190. The molecule has 1 N–H and O–H groups in total. The minimum atomic E-state index is -0.0651. The number of rotatable bonds is 8. The Balaban J connectivity index is 3.71. The molecule has 14 heavy (non-hydrogen) atoms. The highest BCUT2D eigenvalue weighted by molar-refractivity contribution is 5.81. The van der Waals surface area contributed by atoms with Gasteiger partial charge in [-0.2, -0.15) is 0 Å². The summed E-state index contributed by atoms with van der Waals surface area (Å²) in [6.45, 7) is 6.24. The van der Waals surface area contributed by atoms with Crippen LogP contribution in [0.5, 0.6) is 0 Å². The lowest BCUT2D eigenvalue weighted by Gasteiger charge is -2.13. The van der Waals surface area contributed by atoms with Crippen molar-refractivity contribution in [1.29, 1.82) is 0 Å². The topological polar surface area (TPSA) is 46.2 Å². The maximum atomic E-state index is 11.1. The molecular weight excluding hydrogens is 178 g/mol. The molecule has 1 atom stereocenters. The van der Waals surface area contributed by atoms with E-state index in [4.69, 9.17) is 0 Å². The van der Waals surface area contributed by atoms with Gasteiger partial charge in [0.1, 0.15) is 11.6 Å². The number of Topliss-reactive ketones (excluding diaryl/α,β-unsaturated/α-hetero) is 2. The molecule has 0 bridgehead atoms. The zero-order valence-electron chi connectivity index (χ0n) is 9.43. The molecule has 0 aromatic rings. The number of likely N-dealkylation sites (N-methyl/N-ethyl adjacent to an activating group) is 1. The second-order valence-corrected chi connectivity index (χ2v) is 3.51. The van der Waals surface area contributed by atoms with Crippen molar-refractivity contribution >= 4 is 11.6 Å². The molecule has 82 valence electrons. The van der Waals surface area contributed by atoms with Crippen molar-refractivity contribution in [2.24, 2.45) is 0 Å². The van der Waals surface area contributed by atoms with Crippen LogP contribution < -0.4 is 5.32 Å². The van der Waals surface area contributed by atoms with Gasteiger partial charge in [-0.15, -0.1) is 0 Å². The van der Waals surface area contributed by atoms with Crippen LogP contribution >= 0.6 is 0 Å². The van der Waals surface area contributed by atoms with E-state index in [1.54, 1.807) is 6.92 Å². The van der Waals surface area contributed by atoms with Crippen LogP contribution in [0, 0.1) is 0 Å². The first kappa shape index (κ1) is 13.3. The summed E-state index contributed by atoms with van der Waals surface area (Å²) in [7, 11) is 0. The average Bonchev–Trinajstić information content (AvgIpc) is 2.16. The monoisotopic (exact) mass is 199 g/mol. The minimum Gasteiger partial charge on any atom is -0.308 e. The van der Waals surface area contributed by atoms with E-state index in [1.807, 2.05) is 13.8 Å². The standard InChI is InChI=1S/C11H21NO2/c1-4-10(14)7-6-8-11(9(3)13)12-5-2/h11-12H,4-8H2,1-3H3/t11-/m1/s1. The van der Waals surface area contributed by atoms with Gasteiger partial charge in [-0.3, -0.25) is 9.59 Å². The Morgan fingerprint density at radius 1 is 1.29 bits per heavy atom. The molecule has 0 fully saturated rings. The third-order valence-electron chi connectivity index (χ3n) is 2.28. The second-order valence-electron chi connectivity index (χ2n) is 3.51. The Kier molecular flexibility index (Phi) is 7.30. The maximum absolute atomic E-state index is 11.1. The molecule has 0 unspecified atom stereocenters. The van der Waals surface area contributed by atoms with E-state index in [0.717, 1.165) is 19.4 Å². The van der Waals surface area contributed by atoms with Crippen LogP contribution in [0.2, 0.25) is 0 Å². The van der Waals surface area contributed by atoms with Crippen LogP contribution in [0.1, 0.15) is 46.5 Å². The summed E-state index contributed by atoms with van der Waals surface area (Å²) in [6, 6.07) is -0.0651. The van der Waals surface area contributed by atoms with Crippen molar-refractivity contribution in [3.8, 4) is 0 Å². The molecular formula is C11H21NO2. The van der Waals surface area contributed by atoms with E-state index in [1.165, 1.54) is 0 Å². The number of hydrogen-bond acceptors (Lipinski definition) is 3. The fraction of sp³-hybridized carbons (Fsp3) is 0.818. The van der Waals surface area contributed by atoms with Gasteiger partial charge < -0.3 is 5.32 Å². The molecule has 3 heteroatoms. The lowest BCUT2D eigenvalue weighted by Crippen LogP contribution is -2.35. The first-order valence-corrected chi connectivity index (χ1v) is 5.37. The first-order chi connectivity index (χ1) is 6.61. The van der Waals surface area contributed by atoms with E-state index in [0.29, 0.717) is 12.8 Å². The number of carbonyl (C=O) groups is 2. The third kappa shape index (κ3) is 5.86. The van der Waals surface area contributed by atoms with Crippen LogP contribution in [0.4, 0.5) is 0 Å². The van der Waals surface area contributed by atoms with E-state index < -0.39 is 0 Å². The van der Waals surface area contributed by atoms with Gasteiger partial charge in [-0.05, 0) is 26.3 Å². The second kappa shape index (κ2) is 7.68. The predicted octanol–water partition coefficient (Wildman–Crippen LogP) is 1.70. The molecule has 0 aliphatic rings. The Hall–Kier alpha value is -0.700. The van der Waals surface area contributed by atoms with E-state index in [-0.39, 0.29) is 17.6 Å². The number of nitrogens with one attached hydrogen (secondary N) is 1. The number of hydrogen-bond donors (Lipinski definition) is 1. The summed E-state index contributed by atoms with van der Waals surface area (Å²) in [5.41, 5.74) is 0. The van der Waals surface area contributed by atoms with Crippen molar-refractivity contribution in [3.05, 3.63) is 0 Å². The number of ketones is 2. The zero-order valence-corrected chi connectivity index (χ0v) is 9.43. The van der Waals surface area contributed by atoms with Crippen molar-refractivity contribution in [2.75, 3.05) is 6.54 Å². The summed E-state index contributed by atoms with van der Waals surface area (Å²) in [6.07, 6.45) is 2.79. The molecule has 0 saturated carbocycles. The molecule has 0 spiro atoms. The fourth-order valence-electron chi connectivity index (χ4n) is 1.38. The fourth-order valence-corrected chi connectivity index (χ4v) is 1.38. The molecule has 0 radical (unpaired) electrons. The average molecular weight is 199 g/mol. The van der Waals surface area contributed by atoms with Gasteiger partial charge in [0.2, 0.25) is 0 Å². The molecule has 0 heterocycles. The lowest BCUT2D eigenvalue weighted by atomic mass is 10.0. The smallest absolute Gasteiger partial charge is 0.146 e. The summed E-state index contributed by atoms with van der Waals surface area (Å²) >= 11 is 0. The van der Waals surface area contributed by atoms with Gasteiger partial charge in [0.05, 0.1) is 6.04 Å². The van der Waals surface area contributed by atoms with Crippen molar-refractivity contribution in [3.63, 3.8) is 0 Å². The molecule has 0 aromatic carbocycles. The number of carbonyl (C=O) groups excluding carboxylic acids is 2. The van der Waals surface area contributed by atoms with Gasteiger partial charge in [-0.25, -0.2) is 0 Å². The summed E-state index contributed by atoms with van der Waals surface area (Å²) in [4.78, 5) is 22.1. The molecule has 3 nitrogen and oxygen atoms in total. The SMILES string of the molecule is CCN[C@H](CCCC(=O)CC)C(C)=O. The Labute approximate surface area is 86.3 Å². The van der Waals surface area contributed by atoms with Gasteiger partial charge in [-0.1, -0.05) is 13.8 Å². The van der Waals surface area contributed by atoms with Crippen LogP contribution in [0.3, 0.4) is 0 Å².